The zero-order valence-corrected chi connectivity index (χ0v) is 14.9. The summed E-state index contributed by atoms with van der Waals surface area (Å²) in [5, 5.41) is 3.60. The molecule has 2 rings (SSSR count). The molecule has 1 N–H and O–H groups in total. The van der Waals surface area contributed by atoms with Crippen molar-refractivity contribution in [2.75, 3.05) is 20.3 Å². The molecule has 21 heavy (non-hydrogen) atoms. The molecule has 0 amide bonds. The molecule has 1 aromatic carbocycles. The van der Waals surface area contributed by atoms with Gasteiger partial charge >= 0.3 is 0 Å². The number of methoxy groups -OCH3 is 1. The average Bonchev–Trinajstić information content (AvgIpc) is 3.22. The molecule has 0 heterocycles. The van der Waals surface area contributed by atoms with E-state index < -0.39 is 0 Å². The maximum absolute atomic E-state index is 5.62. The predicted molar refractivity (Wildman–Crippen MR) is 90.1 cm³/mol. The van der Waals surface area contributed by atoms with Crippen LogP contribution in [0.3, 0.4) is 0 Å². The van der Waals surface area contributed by atoms with Crippen molar-refractivity contribution in [1.82, 2.24) is 5.32 Å². The van der Waals surface area contributed by atoms with Crippen LogP contribution in [-0.4, -0.2) is 20.3 Å². The normalized spacial score (nSPS) is 15.8. The first kappa shape index (κ1) is 16.6. The minimum Gasteiger partial charge on any atom is -0.493 e. The maximum atomic E-state index is 5.62. The lowest BCUT2D eigenvalue weighted by Crippen LogP contribution is -2.23. The third-order valence-corrected chi connectivity index (χ3v) is 4.73. The van der Waals surface area contributed by atoms with Crippen molar-refractivity contribution in [2.45, 2.75) is 46.1 Å². The summed E-state index contributed by atoms with van der Waals surface area (Å²) in [5.74, 6) is 1.58. The monoisotopic (exact) mass is 355 g/mol. The zero-order valence-electron chi connectivity index (χ0n) is 13.3. The van der Waals surface area contributed by atoms with Crippen LogP contribution < -0.4 is 14.8 Å². The largest absolute Gasteiger partial charge is 0.493 e. The van der Waals surface area contributed by atoms with Gasteiger partial charge in [-0.2, -0.15) is 0 Å². The van der Waals surface area contributed by atoms with Gasteiger partial charge in [0.1, 0.15) is 0 Å². The lowest BCUT2D eigenvalue weighted by molar-refractivity contribution is 0.308. The predicted octanol–water partition coefficient (Wildman–Crippen LogP) is 4.53. The van der Waals surface area contributed by atoms with Crippen LogP contribution in [0.15, 0.2) is 16.6 Å². The first-order chi connectivity index (χ1) is 10.1. The summed E-state index contributed by atoms with van der Waals surface area (Å²) in [5.41, 5.74) is 1.80. The fraction of sp³-hybridized carbons (Fsp3) is 0.647. The highest BCUT2D eigenvalue weighted by molar-refractivity contribution is 9.10. The highest BCUT2D eigenvalue weighted by Crippen LogP contribution is 2.49. The number of hydrogen-bond donors (Lipinski definition) is 1. The quantitative estimate of drug-likeness (QED) is 0.705. The molecule has 0 bridgehead atoms. The fourth-order valence-corrected chi connectivity index (χ4v) is 3.46. The lowest BCUT2D eigenvalue weighted by atomic mass is 10.0. The summed E-state index contributed by atoms with van der Waals surface area (Å²) in [6, 6.07) is 4.17. The van der Waals surface area contributed by atoms with Crippen molar-refractivity contribution in [2.24, 2.45) is 5.41 Å². The van der Waals surface area contributed by atoms with E-state index >= 15 is 0 Å². The maximum Gasteiger partial charge on any atom is 0.175 e. The molecule has 118 valence electrons. The molecular formula is C17H26BrNO2. The summed E-state index contributed by atoms with van der Waals surface area (Å²) in [6.07, 6.45) is 5.38. The minimum absolute atomic E-state index is 0.585. The van der Waals surface area contributed by atoms with E-state index in [2.05, 4.69) is 40.3 Å². The van der Waals surface area contributed by atoms with Crippen LogP contribution in [0.25, 0.3) is 0 Å². The van der Waals surface area contributed by atoms with Crippen LogP contribution in [0.2, 0.25) is 0 Å². The van der Waals surface area contributed by atoms with Crippen molar-refractivity contribution < 1.29 is 9.47 Å². The topological polar surface area (TPSA) is 30.5 Å². The Morgan fingerprint density at radius 2 is 2.05 bits per heavy atom. The van der Waals surface area contributed by atoms with Crippen molar-refractivity contribution >= 4 is 15.9 Å². The SMILES string of the molecule is CCCC1(CNCc2cc(Br)c(OCC)c(OC)c2)CC1. The standard InChI is InChI=1S/C17H26BrNO2/c1-4-6-17(7-8-17)12-19-11-13-9-14(18)16(21-5-2)15(10-13)20-3/h9-10,19H,4-8,11-12H2,1-3H3. The Labute approximate surface area is 136 Å². The summed E-state index contributed by atoms with van der Waals surface area (Å²) in [7, 11) is 1.68. The van der Waals surface area contributed by atoms with Gasteiger partial charge < -0.3 is 14.8 Å². The van der Waals surface area contributed by atoms with Crippen LogP contribution in [0.5, 0.6) is 11.5 Å². The highest BCUT2D eigenvalue weighted by atomic mass is 79.9. The molecule has 1 aliphatic rings. The zero-order chi connectivity index (χ0) is 15.3. The molecule has 3 nitrogen and oxygen atoms in total. The van der Waals surface area contributed by atoms with Crippen molar-refractivity contribution in [3.8, 4) is 11.5 Å². The van der Waals surface area contributed by atoms with Gasteiger partial charge in [0.05, 0.1) is 18.2 Å². The molecule has 0 radical (unpaired) electrons. The molecule has 1 fully saturated rings. The van der Waals surface area contributed by atoms with Crippen LogP contribution >= 0.6 is 15.9 Å². The van der Waals surface area contributed by atoms with Crippen LogP contribution in [0.1, 0.15) is 45.1 Å². The molecule has 4 heteroatoms. The number of ether oxygens (including phenoxy) is 2. The van der Waals surface area contributed by atoms with Gasteiger partial charge in [-0.1, -0.05) is 13.3 Å². The van der Waals surface area contributed by atoms with E-state index in [0.29, 0.717) is 12.0 Å². The molecule has 1 aromatic rings. The average molecular weight is 356 g/mol. The summed E-state index contributed by atoms with van der Waals surface area (Å²) in [4.78, 5) is 0. The smallest absolute Gasteiger partial charge is 0.175 e. The van der Waals surface area contributed by atoms with E-state index in [1.807, 2.05) is 6.92 Å². The molecule has 1 aliphatic carbocycles. The molecule has 0 atom stereocenters. The van der Waals surface area contributed by atoms with E-state index in [9.17, 15) is 0 Å². The Morgan fingerprint density at radius 1 is 1.29 bits per heavy atom. The number of benzene rings is 1. The van der Waals surface area contributed by atoms with Crippen molar-refractivity contribution in [3.63, 3.8) is 0 Å². The Hall–Kier alpha value is -0.740. The Balaban J connectivity index is 1.96. The highest BCUT2D eigenvalue weighted by Gasteiger charge is 2.40. The van der Waals surface area contributed by atoms with Crippen LogP contribution in [0, 0.1) is 5.41 Å². The molecule has 0 spiro atoms. The van der Waals surface area contributed by atoms with E-state index in [0.717, 1.165) is 29.1 Å². The number of rotatable bonds is 9. The lowest BCUT2D eigenvalue weighted by Gasteiger charge is -2.16. The third-order valence-electron chi connectivity index (χ3n) is 4.14. The molecular weight excluding hydrogens is 330 g/mol. The summed E-state index contributed by atoms with van der Waals surface area (Å²) < 4.78 is 12.0. The number of halogens is 1. The summed E-state index contributed by atoms with van der Waals surface area (Å²) >= 11 is 3.58. The van der Waals surface area contributed by atoms with Crippen molar-refractivity contribution in [3.05, 3.63) is 22.2 Å². The van der Waals surface area contributed by atoms with Gasteiger partial charge in [0, 0.05) is 13.1 Å². The van der Waals surface area contributed by atoms with Gasteiger partial charge in [0.2, 0.25) is 0 Å². The second-order valence-corrected chi connectivity index (χ2v) is 6.75. The Morgan fingerprint density at radius 3 is 2.62 bits per heavy atom. The van der Waals surface area contributed by atoms with Gasteiger partial charge in [-0.15, -0.1) is 0 Å². The summed E-state index contributed by atoms with van der Waals surface area (Å²) in [6.45, 7) is 6.87. The van der Waals surface area contributed by atoms with E-state index in [1.54, 1.807) is 7.11 Å². The van der Waals surface area contributed by atoms with Gasteiger partial charge in [0.15, 0.2) is 11.5 Å². The second kappa shape index (κ2) is 7.50. The molecule has 0 aromatic heterocycles. The first-order valence-corrected chi connectivity index (χ1v) is 8.63. The number of nitrogens with one attached hydrogen (secondary N) is 1. The first-order valence-electron chi connectivity index (χ1n) is 7.84. The fourth-order valence-electron chi connectivity index (χ4n) is 2.85. The van der Waals surface area contributed by atoms with Gasteiger partial charge in [-0.25, -0.2) is 0 Å². The van der Waals surface area contributed by atoms with Gasteiger partial charge in [0.25, 0.3) is 0 Å². The minimum atomic E-state index is 0.585. The van der Waals surface area contributed by atoms with Crippen molar-refractivity contribution in [1.29, 1.82) is 0 Å². The molecule has 1 saturated carbocycles. The van der Waals surface area contributed by atoms with E-state index in [4.69, 9.17) is 9.47 Å². The molecule has 0 unspecified atom stereocenters. The third kappa shape index (κ3) is 4.36. The van der Waals surface area contributed by atoms with Gasteiger partial charge in [-0.3, -0.25) is 0 Å². The van der Waals surface area contributed by atoms with E-state index in [1.165, 1.54) is 31.2 Å². The number of hydrogen-bond acceptors (Lipinski definition) is 3. The molecule has 0 aliphatic heterocycles. The Kier molecular flexibility index (Phi) is 5.94. The Bertz CT molecular complexity index is 472. The molecule has 0 saturated heterocycles. The second-order valence-electron chi connectivity index (χ2n) is 5.90. The van der Waals surface area contributed by atoms with Gasteiger partial charge in [-0.05, 0) is 65.2 Å². The van der Waals surface area contributed by atoms with E-state index in [-0.39, 0.29) is 0 Å². The van der Waals surface area contributed by atoms with Crippen LogP contribution in [0.4, 0.5) is 0 Å². The van der Waals surface area contributed by atoms with Crippen LogP contribution in [-0.2, 0) is 6.54 Å².